The second-order valence-electron chi connectivity index (χ2n) is 5.73. The maximum atomic E-state index is 14.0. The van der Waals surface area contributed by atoms with Gasteiger partial charge in [-0.1, -0.05) is 72.0 Å². The predicted octanol–water partition coefficient (Wildman–Crippen LogP) is 4.38. The zero-order valence-corrected chi connectivity index (χ0v) is 16.2. The molecule has 2 aromatic carbocycles. The lowest BCUT2D eigenvalue weighted by atomic mass is 10.0. The van der Waals surface area contributed by atoms with E-state index in [1.165, 1.54) is 24.3 Å². The molecule has 4 nitrogen and oxygen atoms in total. The number of rotatable bonds is 5. The Morgan fingerprint density at radius 1 is 1.26 bits per heavy atom. The second-order valence-corrected chi connectivity index (χ2v) is 7.81. The molecule has 27 heavy (non-hydrogen) atoms. The smallest absolute Gasteiger partial charge is 0.327 e. The number of benzene rings is 2. The van der Waals surface area contributed by atoms with Crippen molar-refractivity contribution in [2.75, 3.05) is 0 Å². The van der Waals surface area contributed by atoms with Gasteiger partial charge in [0.15, 0.2) is 0 Å². The Labute approximate surface area is 169 Å². The largest absolute Gasteiger partial charge is 0.480 e. The highest BCUT2D eigenvalue weighted by Gasteiger charge is 2.40. The van der Waals surface area contributed by atoms with Gasteiger partial charge in [0.2, 0.25) is 0 Å². The van der Waals surface area contributed by atoms with Gasteiger partial charge in [-0.15, -0.1) is 0 Å². The van der Waals surface area contributed by atoms with Crippen LogP contribution in [0, 0.1) is 5.82 Å². The molecular weight excluding hydrogens is 409 g/mol. The number of thiocarbonyl (C=S) groups is 1. The zero-order chi connectivity index (χ0) is 19.6. The van der Waals surface area contributed by atoms with Crippen LogP contribution in [0.4, 0.5) is 4.39 Å². The molecule has 1 aliphatic heterocycles. The number of carboxylic acids is 1. The van der Waals surface area contributed by atoms with Gasteiger partial charge in [-0.05, 0) is 23.8 Å². The van der Waals surface area contributed by atoms with Crippen LogP contribution in [0.3, 0.4) is 0 Å². The van der Waals surface area contributed by atoms with Crippen LogP contribution < -0.4 is 0 Å². The highest BCUT2D eigenvalue weighted by Crippen LogP contribution is 2.36. The molecule has 0 radical (unpaired) electrons. The van der Waals surface area contributed by atoms with Gasteiger partial charge in [-0.3, -0.25) is 9.69 Å². The van der Waals surface area contributed by atoms with E-state index in [-0.39, 0.29) is 26.2 Å². The van der Waals surface area contributed by atoms with E-state index in [4.69, 9.17) is 23.8 Å². The first-order valence-electron chi connectivity index (χ1n) is 7.86. The fourth-order valence-electron chi connectivity index (χ4n) is 2.65. The summed E-state index contributed by atoms with van der Waals surface area (Å²) in [5.74, 6) is -2.32. The number of carboxylic acid groups (broad SMARTS) is 1. The molecule has 1 aliphatic rings. The summed E-state index contributed by atoms with van der Waals surface area (Å²) in [4.78, 5) is 25.8. The van der Waals surface area contributed by atoms with Gasteiger partial charge >= 0.3 is 5.97 Å². The van der Waals surface area contributed by atoms with Crippen molar-refractivity contribution in [1.29, 1.82) is 0 Å². The fraction of sp³-hybridized carbons (Fsp3) is 0.105. The number of thioether (sulfide) groups is 1. The summed E-state index contributed by atoms with van der Waals surface area (Å²) in [7, 11) is 0. The molecule has 0 bridgehead atoms. The second kappa shape index (κ2) is 8.21. The van der Waals surface area contributed by atoms with Crippen molar-refractivity contribution in [2.24, 2.45) is 0 Å². The van der Waals surface area contributed by atoms with Crippen LogP contribution in [-0.2, 0) is 16.0 Å². The Kier molecular flexibility index (Phi) is 5.94. The maximum Gasteiger partial charge on any atom is 0.327 e. The van der Waals surface area contributed by atoms with Crippen LogP contribution in [0.2, 0.25) is 5.02 Å². The molecule has 0 saturated carbocycles. The SMILES string of the molecule is O=C(O)[C@@H](Cc1ccccc1)N1C(=O)/C(=C/c2c(F)cccc2Cl)SC1=S. The van der Waals surface area contributed by atoms with Crippen LogP contribution in [-0.4, -0.2) is 32.2 Å². The minimum atomic E-state index is -1.17. The summed E-state index contributed by atoms with van der Waals surface area (Å²) in [6.45, 7) is 0. The Balaban J connectivity index is 1.92. The third-order valence-corrected chi connectivity index (χ3v) is 5.63. The maximum absolute atomic E-state index is 14.0. The first-order chi connectivity index (χ1) is 12.9. The summed E-state index contributed by atoms with van der Waals surface area (Å²) in [6.07, 6.45) is 1.41. The number of nitrogens with zero attached hydrogens (tertiary/aromatic N) is 1. The lowest BCUT2D eigenvalue weighted by Gasteiger charge is -2.23. The number of carbonyl (C=O) groups is 2. The first kappa shape index (κ1) is 19.5. The third-order valence-electron chi connectivity index (χ3n) is 3.97. The van der Waals surface area contributed by atoms with E-state index in [9.17, 15) is 19.1 Å². The molecule has 138 valence electrons. The van der Waals surface area contributed by atoms with Crippen LogP contribution in [0.15, 0.2) is 53.4 Å². The van der Waals surface area contributed by atoms with Gasteiger partial charge < -0.3 is 5.11 Å². The molecule has 0 spiro atoms. The molecule has 1 saturated heterocycles. The van der Waals surface area contributed by atoms with Crippen molar-refractivity contribution in [3.8, 4) is 0 Å². The summed E-state index contributed by atoms with van der Waals surface area (Å²) >= 11 is 12.2. The van der Waals surface area contributed by atoms with Crippen LogP contribution in [0.1, 0.15) is 11.1 Å². The lowest BCUT2D eigenvalue weighted by Crippen LogP contribution is -2.45. The Bertz CT molecular complexity index is 929. The minimum Gasteiger partial charge on any atom is -0.480 e. The van der Waals surface area contributed by atoms with E-state index in [2.05, 4.69) is 0 Å². The molecule has 1 fully saturated rings. The van der Waals surface area contributed by atoms with Gasteiger partial charge in [0.25, 0.3) is 5.91 Å². The Morgan fingerprint density at radius 3 is 2.59 bits per heavy atom. The lowest BCUT2D eigenvalue weighted by molar-refractivity contribution is -0.145. The van der Waals surface area contributed by atoms with Crippen molar-refractivity contribution >= 4 is 57.9 Å². The number of amides is 1. The number of hydrogen-bond donors (Lipinski definition) is 1. The van der Waals surface area contributed by atoms with Crippen LogP contribution >= 0.6 is 35.6 Å². The first-order valence-corrected chi connectivity index (χ1v) is 9.46. The normalized spacial score (nSPS) is 16.8. The van der Waals surface area contributed by atoms with Gasteiger partial charge in [0.1, 0.15) is 16.2 Å². The molecule has 0 aromatic heterocycles. The molecule has 3 rings (SSSR count). The van der Waals surface area contributed by atoms with Gasteiger partial charge in [0, 0.05) is 12.0 Å². The van der Waals surface area contributed by atoms with Gasteiger partial charge in [0.05, 0.1) is 9.93 Å². The van der Waals surface area contributed by atoms with Crippen molar-refractivity contribution in [1.82, 2.24) is 4.90 Å². The third kappa shape index (κ3) is 4.21. The number of carbonyl (C=O) groups excluding carboxylic acids is 1. The van der Waals surface area contributed by atoms with Gasteiger partial charge in [-0.2, -0.15) is 0 Å². The zero-order valence-electron chi connectivity index (χ0n) is 13.8. The molecule has 8 heteroatoms. The number of hydrogen-bond acceptors (Lipinski definition) is 4. The van der Waals surface area contributed by atoms with E-state index in [1.807, 2.05) is 6.07 Å². The highest BCUT2D eigenvalue weighted by molar-refractivity contribution is 8.26. The molecule has 1 heterocycles. The topological polar surface area (TPSA) is 57.6 Å². The minimum absolute atomic E-state index is 0.0644. The summed E-state index contributed by atoms with van der Waals surface area (Å²) < 4.78 is 14.1. The molecule has 1 N–H and O–H groups in total. The van der Waals surface area contributed by atoms with E-state index in [1.54, 1.807) is 24.3 Å². The van der Waals surface area contributed by atoms with Gasteiger partial charge in [-0.25, -0.2) is 9.18 Å². The van der Waals surface area contributed by atoms with E-state index < -0.39 is 23.7 Å². The predicted molar refractivity (Wildman–Crippen MR) is 108 cm³/mol. The van der Waals surface area contributed by atoms with E-state index in [0.29, 0.717) is 0 Å². The molecule has 2 aromatic rings. The molecule has 0 aliphatic carbocycles. The van der Waals surface area contributed by atoms with E-state index >= 15 is 0 Å². The van der Waals surface area contributed by atoms with Crippen molar-refractivity contribution in [2.45, 2.75) is 12.5 Å². The van der Waals surface area contributed by atoms with Crippen molar-refractivity contribution < 1.29 is 19.1 Å². The summed E-state index contributed by atoms with van der Waals surface area (Å²) in [5.41, 5.74) is 0.828. The average molecular weight is 422 g/mol. The monoisotopic (exact) mass is 421 g/mol. The number of aliphatic carboxylic acids is 1. The van der Waals surface area contributed by atoms with E-state index in [0.717, 1.165) is 22.2 Å². The summed E-state index contributed by atoms with van der Waals surface area (Å²) in [5, 5.41) is 9.78. The molecule has 1 atom stereocenters. The van der Waals surface area contributed by atoms with Crippen molar-refractivity contribution in [3.05, 3.63) is 75.4 Å². The molecular formula is C19H13ClFNO3S2. The van der Waals surface area contributed by atoms with Crippen LogP contribution in [0.25, 0.3) is 6.08 Å². The highest BCUT2D eigenvalue weighted by atomic mass is 35.5. The average Bonchev–Trinajstić information content (AvgIpc) is 2.90. The molecule has 0 unspecified atom stereocenters. The quantitative estimate of drug-likeness (QED) is 0.573. The Hall–Kier alpha value is -2.22. The fourth-order valence-corrected chi connectivity index (χ4v) is 4.21. The molecule has 1 amide bonds. The Morgan fingerprint density at radius 2 is 1.96 bits per heavy atom. The standard InChI is InChI=1S/C19H13ClFNO3S2/c20-13-7-4-8-14(21)12(13)10-16-17(23)22(19(26)27-16)15(18(24)25)9-11-5-2-1-3-6-11/h1-8,10,15H,9H2,(H,24,25)/b16-10-/t15-/m1/s1. The van der Waals surface area contributed by atoms with Crippen LogP contribution in [0.5, 0.6) is 0 Å². The number of halogens is 2. The summed E-state index contributed by atoms with van der Waals surface area (Å²) in [6, 6.07) is 12.0. The van der Waals surface area contributed by atoms with Crippen molar-refractivity contribution in [3.63, 3.8) is 0 Å².